The SMILES string of the molecule is Cc1ccc(C(C(C)N)N2CCC(C)C(C)C2)s1. The molecule has 102 valence electrons. The van der Waals surface area contributed by atoms with Crippen molar-refractivity contribution < 1.29 is 0 Å². The third-order valence-corrected chi connectivity index (χ3v) is 5.38. The van der Waals surface area contributed by atoms with Crippen LogP contribution in [0.5, 0.6) is 0 Å². The highest BCUT2D eigenvalue weighted by Gasteiger charge is 2.31. The van der Waals surface area contributed by atoms with E-state index in [0.717, 1.165) is 11.8 Å². The minimum atomic E-state index is 0.198. The largest absolute Gasteiger partial charge is 0.326 e. The minimum Gasteiger partial charge on any atom is -0.326 e. The Morgan fingerprint density at radius 1 is 1.33 bits per heavy atom. The predicted molar refractivity (Wildman–Crippen MR) is 80.0 cm³/mol. The predicted octanol–water partition coefficient (Wildman–Crippen LogP) is 3.42. The lowest BCUT2D eigenvalue weighted by Crippen LogP contribution is -2.45. The van der Waals surface area contributed by atoms with Gasteiger partial charge in [0.2, 0.25) is 0 Å². The molecular formula is C15H26N2S. The summed E-state index contributed by atoms with van der Waals surface area (Å²) < 4.78 is 0. The Morgan fingerprint density at radius 3 is 2.56 bits per heavy atom. The average Bonchev–Trinajstić information content (AvgIpc) is 2.70. The van der Waals surface area contributed by atoms with Gasteiger partial charge in [-0.05, 0) is 50.8 Å². The Kier molecular flexibility index (Phi) is 4.46. The van der Waals surface area contributed by atoms with Gasteiger partial charge in [0.05, 0.1) is 6.04 Å². The van der Waals surface area contributed by atoms with Crippen molar-refractivity contribution in [3.63, 3.8) is 0 Å². The van der Waals surface area contributed by atoms with Crippen LogP contribution in [0.25, 0.3) is 0 Å². The van der Waals surface area contributed by atoms with Crippen LogP contribution in [-0.4, -0.2) is 24.0 Å². The normalized spacial score (nSPS) is 29.2. The number of nitrogens with two attached hydrogens (primary N) is 1. The summed E-state index contributed by atoms with van der Waals surface area (Å²) in [5.41, 5.74) is 6.25. The van der Waals surface area contributed by atoms with Crippen LogP contribution in [-0.2, 0) is 0 Å². The summed E-state index contributed by atoms with van der Waals surface area (Å²) in [5.74, 6) is 1.63. The van der Waals surface area contributed by atoms with Gasteiger partial charge in [-0.15, -0.1) is 11.3 Å². The Morgan fingerprint density at radius 2 is 2.06 bits per heavy atom. The van der Waals surface area contributed by atoms with Crippen LogP contribution in [0.2, 0.25) is 0 Å². The van der Waals surface area contributed by atoms with E-state index in [0.29, 0.717) is 6.04 Å². The van der Waals surface area contributed by atoms with Crippen LogP contribution in [0.4, 0.5) is 0 Å². The zero-order chi connectivity index (χ0) is 13.3. The molecule has 0 bridgehead atoms. The Balaban J connectivity index is 2.16. The molecule has 0 radical (unpaired) electrons. The number of piperidine rings is 1. The van der Waals surface area contributed by atoms with E-state index >= 15 is 0 Å². The Labute approximate surface area is 115 Å². The van der Waals surface area contributed by atoms with Gasteiger partial charge in [0, 0.05) is 22.3 Å². The van der Waals surface area contributed by atoms with Gasteiger partial charge in [-0.3, -0.25) is 4.90 Å². The first-order valence-corrected chi connectivity index (χ1v) is 7.86. The van der Waals surface area contributed by atoms with Gasteiger partial charge in [0.1, 0.15) is 0 Å². The van der Waals surface area contributed by atoms with Crippen LogP contribution in [0, 0.1) is 18.8 Å². The fourth-order valence-electron chi connectivity index (χ4n) is 2.93. The highest BCUT2D eigenvalue weighted by molar-refractivity contribution is 7.12. The van der Waals surface area contributed by atoms with E-state index in [9.17, 15) is 0 Å². The van der Waals surface area contributed by atoms with Gasteiger partial charge in [-0.1, -0.05) is 13.8 Å². The van der Waals surface area contributed by atoms with Crippen molar-refractivity contribution in [3.05, 3.63) is 21.9 Å². The van der Waals surface area contributed by atoms with Crippen molar-refractivity contribution in [2.75, 3.05) is 13.1 Å². The number of rotatable bonds is 3. The maximum absolute atomic E-state index is 6.25. The monoisotopic (exact) mass is 266 g/mol. The minimum absolute atomic E-state index is 0.198. The number of hydrogen-bond donors (Lipinski definition) is 1. The van der Waals surface area contributed by atoms with Crippen LogP contribution in [0.3, 0.4) is 0 Å². The van der Waals surface area contributed by atoms with Gasteiger partial charge >= 0.3 is 0 Å². The zero-order valence-corrected chi connectivity index (χ0v) is 12.8. The van der Waals surface area contributed by atoms with E-state index in [2.05, 4.69) is 44.7 Å². The van der Waals surface area contributed by atoms with Gasteiger partial charge in [0.25, 0.3) is 0 Å². The quantitative estimate of drug-likeness (QED) is 0.908. The number of nitrogens with zero attached hydrogens (tertiary/aromatic N) is 1. The van der Waals surface area contributed by atoms with Crippen molar-refractivity contribution in [1.29, 1.82) is 0 Å². The van der Waals surface area contributed by atoms with E-state index in [1.165, 1.54) is 29.3 Å². The van der Waals surface area contributed by atoms with Gasteiger partial charge in [-0.2, -0.15) is 0 Å². The molecule has 1 aromatic heterocycles. The summed E-state index contributed by atoms with van der Waals surface area (Å²) in [5, 5.41) is 0. The summed E-state index contributed by atoms with van der Waals surface area (Å²) >= 11 is 1.90. The van der Waals surface area contributed by atoms with Crippen LogP contribution >= 0.6 is 11.3 Å². The maximum Gasteiger partial charge on any atom is 0.0590 e. The second-order valence-corrected chi connectivity index (χ2v) is 7.31. The molecule has 1 aliphatic heterocycles. The molecule has 2 rings (SSSR count). The molecule has 1 fully saturated rings. The van der Waals surface area contributed by atoms with Gasteiger partial charge in [-0.25, -0.2) is 0 Å². The van der Waals surface area contributed by atoms with Crippen molar-refractivity contribution >= 4 is 11.3 Å². The zero-order valence-electron chi connectivity index (χ0n) is 12.0. The summed E-state index contributed by atoms with van der Waals surface area (Å²) in [7, 11) is 0. The molecule has 2 nitrogen and oxygen atoms in total. The lowest BCUT2D eigenvalue weighted by atomic mass is 9.87. The van der Waals surface area contributed by atoms with Crippen molar-refractivity contribution in [2.24, 2.45) is 17.6 Å². The molecule has 2 heterocycles. The first-order chi connectivity index (χ1) is 8.49. The van der Waals surface area contributed by atoms with Crippen molar-refractivity contribution in [1.82, 2.24) is 4.90 Å². The highest BCUT2D eigenvalue weighted by Crippen LogP contribution is 2.34. The van der Waals surface area contributed by atoms with Crippen molar-refractivity contribution in [2.45, 2.75) is 46.2 Å². The molecule has 4 atom stereocenters. The average molecular weight is 266 g/mol. The molecule has 0 aromatic carbocycles. The van der Waals surface area contributed by atoms with E-state index in [1.54, 1.807) is 0 Å². The smallest absolute Gasteiger partial charge is 0.0590 e. The molecule has 1 aliphatic rings. The van der Waals surface area contributed by atoms with Crippen molar-refractivity contribution in [3.8, 4) is 0 Å². The molecule has 0 spiro atoms. The molecule has 3 heteroatoms. The number of thiophene rings is 1. The maximum atomic E-state index is 6.25. The Hall–Kier alpha value is -0.380. The lowest BCUT2D eigenvalue weighted by Gasteiger charge is -2.41. The lowest BCUT2D eigenvalue weighted by molar-refractivity contribution is 0.0867. The molecule has 0 amide bonds. The molecule has 4 unspecified atom stereocenters. The summed E-state index contributed by atoms with van der Waals surface area (Å²) in [6.07, 6.45) is 1.30. The first kappa shape index (κ1) is 14.0. The number of likely N-dealkylation sites (tertiary alicyclic amines) is 1. The summed E-state index contributed by atoms with van der Waals surface area (Å²) in [4.78, 5) is 5.42. The summed E-state index contributed by atoms with van der Waals surface area (Å²) in [6.45, 7) is 11.4. The second-order valence-electron chi connectivity index (χ2n) is 5.99. The number of aryl methyl sites for hydroxylation is 1. The summed E-state index contributed by atoms with van der Waals surface area (Å²) in [6, 6.07) is 5.07. The molecule has 1 saturated heterocycles. The Bertz CT molecular complexity index is 386. The molecule has 0 saturated carbocycles. The third kappa shape index (κ3) is 2.95. The fraction of sp³-hybridized carbons (Fsp3) is 0.733. The molecular weight excluding hydrogens is 240 g/mol. The molecule has 18 heavy (non-hydrogen) atoms. The van der Waals surface area contributed by atoms with Gasteiger partial charge in [0.15, 0.2) is 0 Å². The second kappa shape index (κ2) is 5.72. The van der Waals surface area contributed by atoms with E-state index in [-0.39, 0.29) is 6.04 Å². The topological polar surface area (TPSA) is 29.3 Å². The van der Waals surface area contributed by atoms with Gasteiger partial charge < -0.3 is 5.73 Å². The van der Waals surface area contributed by atoms with Crippen LogP contribution in [0.15, 0.2) is 12.1 Å². The van der Waals surface area contributed by atoms with E-state index < -0.39 is 0 Å². The third-order valence-electron chi connectivity index (χ3n) is 4.31. The van der Waals surface area contributed by atoms with E-state index in [4.69, 9.17) is 5.73 Å². The van der Waals surface area contributed by atoms with Crippen LogP contribution in [0.1, 0.15) is 43.0 Å². The number of hydrogen-bond acceptors (Lipinski definition) is 3. The van der Waals surface area contributed by atoms with Crippen LogP contribution < -0.4 is 5.73 Å². The molecule has 0 aliphatic carbocycles. The first-order valence-electron chi connectivity index (χ1n) is 7.05. The standard InChI is InChI=1S/C15H26N2S/c1-10-7-8-17(9-11(10)2)15(13(4)16)14-6-5-12(3)18-14/h5-6,10-11,13,15H,7-9,16H2,1-4H3. The van der Waals surface area contributed by atoms with E-state index in [1.807, 2.05) is 11.3 Å². The highest BCUT2D eigenvalue weighted by atomic mass is 32.1. The molecule has 2 N–H and O–H groups in total. The fourth-order valence-corrected chi connectivity index (χ4v) is 4.06. The molecule has 1 aromatic rings.